The monoisotopic (exact) mass is 340 g/mol. The third-order valence-electron chi connectivity index (χ3n) is 3.19. The summed E-state index contributed by atoms with van der Waals surface area (Å²) in [5.41, 5.74) is -0.856. The molecule has 0 amide bonds. The standard InChI is InChI=1S/C14H13FN2O5S/c1-16(12-6-4-3-5-11(12)15)23(20,21)14-8-7-10(22-2)9-13(14)17(18)19/h3-9H,1-2H3. The molecule has 0 saturated carbocycles. The van der Waals surface area contributed by atoms with Crippen molar-refractivity contribution in [2.24, 2.45) is 0 Å². The number of nitro groups is 1. The number of halogens is 1. The van der Waals surface area contributed by atoms with Crippen molar-refractivity contribution in [3.8, 4) is 5.75 Å². The summed E-state index contributed by atoms with van der Waals surface area (Å²) in [5.74, 6) is -0.612. The maximum Gasteiger partial charge on any atom is 0.293 e. The molecule has 0 heterocycles. The quantitative estimate of drug-likeness (QED) is 0.616. The molecule has 0 spiro atoms. The lowest BCUT2D eigenvalue weighted by molar-refractivity contribution is -0.387. The van der Waals surface area contributed by atoms with E-state index in [1.807, 2.05) is 0 Å². The topological polar surface area (TPSA) is 89.8 Å². The second-order valence-electron chi connectivity index (χ2n) is 4.51. The molecule has 0 atom stereocenters. The van der Waals surface area contributed by atoms with Crippen LogP contribution >= 0.6 is 0 Å². The molecule has 122 valence electrons. The van der Waals surface area contributed by atoms with Crippen molar-refractivity contribution in [1.29, 1.82) is 0 Å². The summed E-state index contributed by atoms with van der Waals surface area (Å²) in [5, 5.41) is 11.2. The normalized spacial score (nSPS) is 11.1. The smallest absolute Gasteiger partial charge is 0.293 e. The number of anilines is 1. The lowest BCUT2D eigenvalue weighted by atomic mass is 10.3. The van der Waals surface area contributed by atoms with E-state index < -0.39 is 31.3 Å². The zero-order chi connectivity index (χ0) is 17.2. The molecular weight excluding hydrogens is 327 g/mol. The molecule has 9 heteroatoms. The Labute approximate surface area is 132 Å². The van der Waals surface area contributed by atoms with Crippen molar-refractivity contribution in [2.45, 2.75) is 4.90 Å². The number of nitro benzene ring substituents is 1. The van der Waals surface area contributed by atoms with Crippen LogP contribution in [0.3, 0.4) is 0 Å². The number of rotatable bonds is 5. The minimum Gasteiger partial charge on any atom is -0.497 e. The summed E-state index contributed by atoms with van der Waals surface area (Å²) in [7, 11) is -1.89. The van der Waals surface area contributed by atoms with Gasteiger partial charge in [0.05, 0.1) is 23.8 Å². The van der Waals surface area contributed by atoms with Gasteiger partial charge in [0.15, 0.2) is 4.90 Å². The Bertz CT molecular complexity index is 854. The SMILES string of the molecule is COc1ccc(S(=O)(=O)N(C)c2ccccc2F)c([N+](=O)[O-])c1. The van der Waals surface area contributed by atoms with Crippen LogP contribution in [0.25, 0.3) is 0 Å². The fourth-order valence-electron chi connectivity index (χ4n) is 1.97. The molecule has 2 aromatic carbocycles. The van der Waals surface area contributed by atoms with E-state index >= 15 is 0 Å². The highest BCUT2D eigenvalue weighted by Gasteiger charge is 2.31. The van der Waals surface area contributed by atoms with E-state index in [-0.39, 0.29) is 11.4 Å². The summed E-state index contributed by atoms with van der Waals surface area (Å²) >= 11 is 0. The van der Waals surface area contributed by atoms with Gasteiger partial charge >= 0.3 is 0 Å². The molecule has 0 N–H and O–H groups in total. The van der Waals surface area contributed by atoms with E-state index in [9.17, 15) is 22.9 Å². The first-order valence-electron chi connectivity index (χ1n) is 6.35. The molecule has 0 aromatic heterocycles. The van der Waals surface area contributed by atoms with Gasteiger partial charge in [-0.15, -0.1) is 0 Å². The minimum atomic E-state index is -4.32. The molecule has 0 aliphatic rings. The summed E-state index contributed by atoms with van der Waals surface area (Å²) in [6.07, 6.45) is 0. The average molecular weight is 340 g/mol. The average Bonchev–Trinajstić information content (AvgIpc) is 2.53. The first-order valence-corrected chi connectivity index (χ1v) is 7.79. The maximum atomic E-state index is 13.8. The molecular formula is C14H13FN2O5S. The molecule has 0 fully saturated rings. The highest BCUT2D eigenvalue weighted by molar-refractivity contribution is 7.93. The van der Waals surface area contributed by atoms with Gasteiger partial charge in [-0.3, -0.25) is 14.4 Å². The Morgan fingerprint density at radius 3 is 2.43 bits per heavy atom. The molecule has 0 unspecified atom stereocenters. The molecule has 0 radical (unpaired) electrons. The molecule has 0 aliphatic carbocycles. The van der Waals surface area contributed by atoms with Gasteiger partial charge < -0.3 is 4.74 Å². The number of benzene rings is 2. The van der Waals surface area contributed by atoms with Crippen LogP contribution in [0.5, 0.6) is 5.75 Å². The van der Waals surface area contributed by atoms with Gasteiger partial charge in [-0.05, 0) is 24.3 Å². The molecule has 2 aromatic rings. The third-order valence-corrected chi connectivity index (χ3v) is 5.01. The van der Waals surface area contributed by atoms with Crippen LogP contribution < -0.4 is 9.04 Å². The predicted octanol–water partition coefficient (Wildman–Crippen LogP) is 2.57. The number of hydrogen-bond acceptors (Lipinski definition) is 5. The van der Waals surface area contributed by atoms with Gasteiger partial charge in [-0.25, -0.2) is 12.8 Å². The summed E-state index contributed by atoms with van der Waals surface area (Å²) in [6, 6.07) is 8.59. The van der Waals surface area contributed by atoms with Crippen molar-refractivity contribution in [3.05, 3.63) is 58.4 Å². The maximum absolute atomic E-state index is 13.8. The van der Waals surface area contributed by atoms with E-state index in [1.165, 1.54) is 31.4 Å². The van der Waals surface area contributed by atoms with Crippen LogP contribution in [0.2, 0.25) is 0 Å². The first kappa shape index (κ1) is 16.7. The van der Waals surface area contributed by atoms with Crippen LogP contribution in [0, 0.1) is 15.9 Å². The van der Waals surface area contributed by atoms with Crippen molar-refractivity contribution in [3.63, 3.8) is 0 Å². The molecule has 7 nitrogen and oxygen atoms in total. The van der Waals surface area contributed by atoms with Crippen LogP contribution in [-0.4, -0.2) is 27.5 Å². The van der Waals surface area contributed by atoms with E-state index in [1.54, 1.807) is 0 Å². The number of nitrogens with zero attached hydrogens (tertiary/aromatic N) is 2. The Morgan fingerprint density at radius 2 is 1.87 bits per heavy atom. The zero-order valence-electron chi connectivity index (χ0n) is 12.3. The highest BCUT2D eigenvalue weighted by atomic mass is 32.2. The number of sulfonamides is 1. The molecule has 23 heavy (non-hydrogen) atoms. The van der Waals surface area contributed by atoms with Crippen LogP contribution in [-0.2, 0) is 10.0 Å². The molecule has 2 rings (SSSR count). The summed E-state index contributed by atoms with van der Waals surface area (Å²) in [6.45, 7) is 0. The van der Waals surface area contributed by atoms with E-state index in [0.29, 0.717) is 4.31 Å². The number of hydrogen-bond donors (Lipinski definition) is 0. The minimum absolute atomic E-state index is 0.143. The van der Waals surface area contributed by atoms with Crippen molar-refractivity contribution in [1.82, 2.24) is 0 Å². The van der Waals surface area contributed by atoms with Gasteiger partial charge in [0.1, 0.15) is 11.6 Å². The van der Waals surface area contributed by atoms with Gasteiger partial charge in [-0.1, -0.05) is 12.1 Å². The second-order valence-corrected chi connectivity index (χ2v) is 6.45. The molecule has 0 aliphatic heterocycles. The van der Waals surface area contributed by atoms with Gasteiger partial charge in [-0.2, -0.15) is 0 Å². The largest absolute Gasteiger partial charge is 0.497 e. The van der Waals surface area contributed by atoms with Gasteiger partial charge in [0.25, 0.3) is 15.7 Å². The van der Waals surface area contributed by atoms with Gasteiger partial charge in [0.2, 0.25) is 0 Å². The highest BCUT2D eigenvalue weighted by Crippen LogP contribution is 2.32. The zero-order valence-corrected chi connectivity index (χ0v) is 13.1. The molecule has 0 bridgehead atoms. The first-order chi connectivity index (χ1) is 10.8. The molecule has 0 saturated heterocycles. The third kappa shape index (κ3) is 3.09. The second kappa shape index (κ2) is 6.21. The Hall–Kier alpha value is -2.68. The predicted molar refractivity (Wildman–Crippen MR) is 81.6 cm³/mol. The van der Waals surface area contributed by atoms with E-state index in [2.05, 4.69) is 0 Å². The van der Waals surface area contributed by atoms with Crippen molar-refractivity contribution >= 4 is 21.4 Å². The van der Waals surface area contributed by atoms with E-state index in [4.69, 9.17) is 4.74 Å². The van der Waals surface area contributed by atoms with Crippen LogP contribution in [0.15, 0.2) is 47.4 Å². The Kier molecular flexibility index (Phi) is 4.50. The fourth-order valence-corrected chi connectivity index (χ4v) is 3.31. The Morgan fingerprint density at radius 1 is 1.22 bits per heavy atom. The Balaban J connectivity index is 2.60. The van der Waals surface area contributed by atoms with Crippen LogP contribution in [0.1, 0.15) is 0 Å². The van der Waals surface area contributed by atoms with Crippen LogP contribution in [0.4, 0.5) is 15.8 Å². The van der Waals surface area contributed by atoms with E-state index in [0.717, 1.165) is 25.2 Å². The summed E-state index contributed by atoms with van der Waals surface area (Å²) in [4.78, 5) is 9.78. The number of ether oxygens (including phenoxy) is 1. The fraction of sp³-hybridized carbons (Fsp3) is 0.143. The lowest BCUT2D eigenvalue weighted by Gasteiger charge is -2.20. The number of para-hydroxylation sites is 1. The van der Waals surface area contributed by atoms with Crippen molar-refractivity contribution in [2.75, 3.05) is 18.5 Å². The van der Waals surface area contributed by atoms with Crippen molar-refractivity contribution < 1.29 is 22.5 Å². The van der Waals surface area contributed by atoms with Gasteiger partial charge in [0, 0.05) is 7.05 Å². The lowest BCUT2D eigenvalue weighted by Crippen LogP contribution is -2.28. The number of methoxy groups -OCH3 is 1. The summed E-state index contributed by atoms with van der Waals surface area (Å²) < 4.78 is 44.6.